The zero-order chi connectivity index (χ0) is 24.2. The van der Waals surface area contributed by atoms with Crippen molar-refractivity contribution in [3.63, 3.8) is 0 Å². The molecule has 2 aliphatic heterocycles. The quantitative estimate of drug-likeness (QED) is 0.573. The van der Waals surface area contributed by atoms with E-state index in [1.165, 1.54) is 37.4 Å². The molecular weight excluding hydrogens is 441 g/mol. The number of hydrogen-bond acceptors (Lipinski definition) is 4. The van der Waals surface area contributed by atoms with Crippen LogP contribution in [-0.2, 0) is 4.79 Å². The van der Waals surface area contributed by atoms with E-state index >= 15 is 0 Å². The molecule has 2 heterocycles. The number of hydrogen-bond donors (Lipinski definition) is 0. The minimum Gasteiger partial charge on any atom is -0.497 e. The predicted octanol–water partition coefficient (Wildman–Crippen LogP) is 4.78. The molecule has 1 saturated carbocycles. The van der Waals surface area contributed by atoms with Crippen molar-refractivity contribution in [2.75, 3.05) is 57.8 Å². The van der Waals surface area contributed by atoms with Gasteiger partial charge in [0.2, 0.25) is 5.91 Å². The summed E-state index contributed by atoms with van der Waals surface area (Å²) in [4.78, 5) is 20.2. The lowest BCUT2D eigenvalue weighted by Gasteiger charge is -2.38. The molecule has 0 N–H and O–H groups in total. The van der Waals surface area contributed by atoms with Crippen molar-refractivity contribution >= 4 is 11.6 Å². The Hall–Kier alpha value is -2.60. The van der Waals surface area contributed by atoms with Gasteiger partial charge in [-0.3, -0.25) is 9.69 Å². The summed E-state index contributed by atoms with van der Waals surface area (Å²) in [5, 5.41) is 0. The number of likely N-dealkylation sites (tertiary alicyclic amines) is 1. The Bertz CT molecular complexity index is 1000. The Morgan fingerprint density at radius 1 is 1.00 bits per heavy atom. The van der Waals surface area contributed by atoms with Crippen LogP contribution in [-0.4, -0.2) is 68.6 Å². The Morgan fingerprint density at radius 2 is 1.77 bits per heavy atom. The van der Waals surface area contributed by atoms with E-state index in [2.05, 4.69) is 26.8 Å². The number of carbonyl (C=O) groups excluding carboxylic acids is 1. The fraction of sp³-hybridized carbons (Fsp3) is 0.552. The van der Waals surface area contributed by atoms with Gasteiger partial charge in [-0.2, -0.15) is 0 Å². The number of nitrogens with zero attached hydrogens (tertiary/aromatic N) is 3. The standard InChI is InChI=1S/C29H38FN3O2/c1-35-27-11-5-10-26(18-27)32-14-12-31(13-15-32)19-24-20-33(29(34)16-22-6-2-3-7-22)21-28(24)23-8-4-9-25(30)17-23/h4-5,8-11,17-18,22,24,28H,2-3,6-7,12-16,19-21H2,1H3/t24-,28-/m1/s1. The van der Waals surface area contributed by atoms with Crippen LogP contribution in [0.2, 0.25) is 0 Å². The Morgan fingerprint density at radius 3 is 2.51 bits per heavy atom. The molecule has 5 rings (SSSR count). The second-order valence-corrected chi connectivity index (χ2v) is 10.6. The van der Waals surface area contributed by atoms with E-state index in [1.807, 2.05) is 18.2 Å². The number of benzene rings is 2. The highest BCUT2D eigenvalue weighted by atomic mass is 19.1. The highest BCUT2D eigenvalue weighted by Crippen LogP contribution is 2.36. The van der Waals surface area contributed by atoms with Gasteiger partial charge < -0.3 is 14.5 Å². The third-order valence-electron chi connectivity index (χ3n) is 8.29. The van der Waals surface area contributed by atoms with Crippen LogP contribution >= 0.6 is 0 Å². The van der Waals surface area contributed by atoms with E-state index in [0.29, 0.717) is 30.7 Å². The molecule has 2 atom stereocenters. The number of carbonyl (C=O) groups is 1. The van der Waals surface area contributed by atoms with E-state index in [1.54, 1.807) is 19.2 Å². The largest absolute Gasteiger partial charge is 0.497 e. The van der Waals surface area contributed by atoms with Crippen LogP contribution < -0.4 is 9.64 Å². The average molecular weight is 480 g/mol. The summed E-state index contributed by atoms with van der Waals surface area (Å²) in [5.41, 5.74) is 2.23. The van der Waals surface area contributed by atoms with E-state index < -0.39 is 0 Å². The molecule has 0 radical (unpaired) electrons. The minimum atomic E-state index is -0.191. The zero-order valence-electron chi connectivity index (χ0n) is 20.9. The van der Waals surface area contributed by atoms with Gasteiger partial charge in [0.15, 0.2) is 0 Å². The molecule has 3 aliphatic rings. The second-order valence-electron chi connectivity index (χ2n) is 10.6. The first-order valence-electron chi connectivity index (χ1n) is 13.2. The maximum atomic E-state index is 14.1. The van der Waals surface area contributed by atoms with Gasteiger partial charge in [0, 0.05) is 69.9 Å². The maximum absolute atomic E-state index is 14.1. The molecular formula is C29H38FN3O2. The molecule has 2 aromatic rings. The van der Waals surface area contributed by atoms with Crippen molar-refractivity contribution < 1.29 is 13.9 Å². The van der Waals surface area contributed by atoms with Crippen molar-refractivity contribution in [3.05, 3.63) is 59.9 Å². The van der Waals surface area contributed by atoms with E-state index in [9.17, 15) is 9.18 Å². The summed E-state index contributed by atoms with van der Waals surface area (Å²) in [6.45, 7) is 6.34. The second kappa shape index (κ2) is 11.0. The molecule has 35 heavy (non-hydrogen) atoms. The fourth-order valence-electron chi connectivity index (χ4n) is 6.29. The zero-order valence-corrected chi connectivity index (χ0v) is 20.9. The summed E-state index contributed by atoms with van der Waals surface area (Å²) >= 11 is 0. The lowest BCUT2D eigenvalue weighted by molar-refractivity contribution is -0.131. The highest BCUT2D eigenvalue weighted by Gasteiger charge is 2.38. The summed E-state index contributed by atoms with van der Waals surface area (Å²) in [7, 11) is 1.70. The molecule has 2 aromatic carbocycles. The number of halogens is 1. The first-order valence-corrected chi connectivity index (χ1v) is 13.2. The van der Waals surface area contributed by atoms with Crippen molar-refractivity contribution in [1.82, 2.24) is 9.80 Å². The van der Waals surface area contributed by atoms with Gasteiger partial charge in [0.1, 0.15) is 11.6 Å². The topological polar surface area (TPSA) is 36.0 Å². The van der Waals surface area contributed by atoms with E-state index in [4.69, 9.17) is 4.74 Å². The Kier molecular flexibility index (Phi) is 7.57. The molecule has 0 bridgehead atoms. The maximum Gasteiger partial charge on any atom is 0.222 e. The monoisotopic (exact) mass is 479 g/mol. The van der Waals surface area contributed by atoms with Crippen LogP contribution in [0.4, 0.5) is 10.1 Å². The van der Waals surface area contributed by atoms with Crippen LogP contribution in [0.1, 0.15) is 43.6 Å². The van der Waals surface area contributed by atoms with Crippen LogP contribution in [0.15, 0.2) is 48.5 Å². The summed E-state index contributed by atoms with van der Waals surface area (Å²) < 4.78 is 19.5. The van der Waals surface area contributed by atoms with E-state index in [0.717, 1.165) is 50.6 Å². The molecule has 188 valence electrons. The first-order chi connectivity index (χ1) is 17.1. The smallest absolute Gasteiger partial charge is 0.222 e. The summed E-state index contributed by atoms with van der Waals surface area (Å²) in [6.07, 6.45) is 5.58. The first kappa shape index (κ1) is 24.1. The normalized spacial score (nSPS) is 23.7. The third kappa shape index (κ3) is 5.80. The molecule has 1 amide bonds. The number of methoxy groups -OCH3 is 1. The summed E-state index contributed by atoms with van der Waals surface area (Å²) in [5.74, 6) is 2.06. The van der Waals surface area contributed by atoms with Crippen molar-refractivity contribution in [2.24, 2.45) is 11.8 Å². The number of rotatable bonds is 7. The molecule has 3 fully saturated rings. The Balaban J connectivity index is 1.23. The number of piperazine rings is 1. The number of ether oxygens (including phenoxy) is 1. The minimum absolute atomic E-state index is 0.189. The number of amides is 1. The lowest BCUT2D eigenvalue weighted by Crippen LogP contribution is -2.48. The van der Waals surface area contributed by atoms with Crippen molar-refractivity contribution in [3.8, 4) is 5.75 Å². The van der Waals surface area contributed by atoms with Crippen LogP contribution in [0.25, 0.3) is 0 Å². The molecule has 1 aliphatic carbocycles. The van der Waals surface area contributed by atoms with Gasteiger partial charge >= 0.3 is 0 Å². The predicted molar refractivity (Wildman–Crippen MR) is 137 cm³/mol. The highest BCUT2D eigenvalue weighted by molar-refractivity contribution is 5.77. The molecule has 5 nitrogen and oxygen atoms in total. The average Bonchev–Trinajstić information content (AvgIpc) is 3.55. The van der Waals surface area contributed by atoms with Crippen LogP contribution in [0.3, 0.4) is 0 Å². The molecule has 0 unspecified atom stereocenters. The molecule has 6 heteroatoms. The van der Waals surface area contributed by atoms with Gasteiger partial charge in [0.05, 0.1) is 7.11 Å². The van der Waals surface area contributed by atoms with Crippen LogP contribution in [0.5, 0.6) is 5.75 Å². The van der Waals surface area contributed by atoms with Gasteiger partial charge in [0.25, 0.3) is 0 Å². The summed E-state index contributed by atoms with van der Waals surface area (Å²) in [6, 6.07) is 15.3. The fourth-order valence-corrected chi connectivity index (χ4v) is 6.29. The molecule has 0 aromatic heterocycles. The molecule has 2 saturated heterocycles. The SMILES string of the molecule is COc1cccc(N2CCN(C[C@@H]3CN(C(=O)CC4CCCC4)C[C@@H]3c3cccc(F)c3)CC2)c1. The van der Waals surface area contributed by atoms with Crippen molar-refractivity contribution in [1.29, 1.82) is 0 Å². The Labute approximate surface area is 208 Å². The van der Waals surface area contributed by atoms with Crippen molar-refractivity contribution in [2.45, 2.75) is 38.0 Å². The molecule has 0 spiro atoms. The van der Waals surface area contributed by atoms with Gasteiger partial charge in [-0.15, -0.1) is 0 Å². The van der Waals surface area contributed by atoms with Gasteiger partial charge in [-0.1, -0.05) is 31.0 Å². The van der Waals surface area contributed by atoms with E-state index in [-0.39, 0.29) is 11.7 Å². The third-order valence-corrected chi connectivity index (χ3v) is 8.29. The van der Waals surface area contributed by atoms with Gasteiger partial charge in [-0.25, -0.2) is 4.39 Å². The number of anilines is 1. The van der Waals surface area contributed by atoms with Gasteiger partial charge in [-0.05, 0) is 54.5 Å². The lowest BCUT2D eigenvalue weighted by atomic mass is 9.88. The van der Waals surface area contributed by atoms with Crippen LogP contribution in [0, 0.1) is 17.7 Å².